The molecule has 31 heavy (non-hydrogen) atoms. The normalized spacial score (nSPS) is 16.3. The Hall–Kier alpha value is -3.23. The molecule has 1 aromatic heterocycles. The summed E-state index contributed by atoms with van der Waals surface area (Å²) in [4.78, 5) is 20.1. The zero-order valence-corrected chi connectivity index (χ0v) is 17.8. The van der Waals surface area contributed by atoms with Gasteiger partial charge < -0.3 is 10.6 Å². The Labute approximate surface area is 184 Å². The van der Waals surface area contributed by atoms with E-state index in [9.17, 15) is 18.0 Å². The third-order valence-electron chi connectivity index (χ3n) is 5.00. The van der Waals surface area contributed by atoms with Crippen LogP contribution in [0.25, 0.3) is 10.2 Å². The molecule has 1 aliphatic rings. The van der Waals surface area contributed by atoms with Gasteiger partial charge in [0.15, 0.2) is 10.2 Å². The van der Waals surface area contributed by atoms with Crippen molar-refractivity contribution in [1.82, 2.24) is 4.98 Å². The summed E-state index contributed by atoms with van der Waals surface area (Å²) in [5, 5.41) is 9.44. The monoisotopic (exact) mass is 461 g/mol. The number of amides is 1. The van der Waals surface area contributed by atoms with Gasteiger partial charge in [-0.3, -0.25) is 9.69 Å². The maximum atomic E-state index is 13.4. The first-order valence-electron chi connectivity index (χ1n) is 8.91. The number of nitriles is 1. The van der Waals surface area contributed by atoms with Crippen molar-refractivity contribution in [2.75, 3.05) is 15.5 Å². The van der Waals surface area contributed by atoms with Gasteiger partial charge in [0.25, 0.3) is 5.91 Å². The van der Waals surface area contributed by atoms with Crippen molar-refractivity contribution >= 4 is 61.3 Å². The molecule has 11 heteroatoms. The fourth-order valence-electron chi connectivity index (χ4n) is 3.53. The molecule has 1 fully saturated rings. The number of nitrogen functional groups attached to an aromatic ring is 1. The molecule has 3 aromatic rings. The van der Waals surface area contributed by atoms with E-state index in [0.29, 0.717) is 16.3 Å². The van der Waals surface area contributed by atoms with Gasteiger partial charge >= 0.3 is 6.18 Å². The molecule has 2 heterocycles. The third kappa shape index (κ3) is 3.28. The quantitative estimate of drug-likeness (QED) is 0.558. The Bertz CT molecular complexity index is 1290. The van der Waals surface area contributed by atoms with E-state index in [0.717, 1.165) is 21.7 Å². The van der Waals surface area contributed by atoms with Gasteiger partial charge in [-0.25, -0.2) is 4.98 Å². The standard InChI is InChI=1S/C20H14F3N5OS2/c1-19(2)16(29)27(11-4-3-10(9-24)13(7-11)20(21,22)23)18(30)28(19)12-5-6-15-14(8-12)26-17(25)31-15/h3-8H,1-2H3,(H2,25,26). The van der Waals surface area contributed by atoms with E-state index in [4.69, 9.17) is 23.2 Å². The maximum Gasteiger partial charge on any atom is 0.417 e. The third-order valence-corrected chi connectivity index (χ3v) is 6.23. The van der Waals surface area contributed by atoms with Crippen LogP contribution in [-0.2, 0) is 11.0 Å². The van der Waals surface area contributed by atoms with E-state index in [1.54, 1.807) is 36.9 Å². The van der Waals surface area contributed by atoms with Crippen LogP contribution in [0.4, 0.5) is 29.7 Å². The molecule has 0 saturated carbocycles. The van der Waals surface area contributed by atoms with E-state index in [1.807, 2.05) is 0 Å². The van der Waals surface area contributed by atoms with E-state index in [-0.39, 0.29) is 10.8 Å². The highest BCUT2D eigenvalue weighted by atomic mass is 32.1. The van der Waals surface area contributed by atoms with Crippen LogP contribution < -0.4 is 15.5 Å². The summed E-state index contributed by atoms with van der Waals surface area (Å²) in [5.74, 6) is -0.492. The predicted molar refractivity (Wildman–Crippen MR) is 117 cm³/mol. The number of rotatable bonds is 2. The molecule has 1 saturated heterocycles. The molecule has 6 nitrogen and oxygen atoms in total. The van der Waals surface area contributed by atoms with Crippen molar-refractivity contribution in [3.63, 3.8) is 0 Å². The summed E-state index contributed by atoms with van der Waals surface area (Å²) in [6.07, 6.45) is -4.75. The molecule has 0 radical (unpaired) electrons. The number of hydrogen-bond donors (Lipinski definition) is 1. The van der Waals surface area contributed by atoms with Crippen LogP contribution in [0.5, 0.6) is 0 Å². The number of alkyl halides is 3. The molecule has 0 unspecified atom stereocenters. The number of carbonyl (C=O) groups is 1. The fraction of sp³-hybridized carbons (Fsp3) is 0.200. The Balaban J connectivity index is 1.82. The summed E-state index contributed by atoms with van der Waals surface area (Å²) in [7, 11) is 0. The van der Waals surface area contributed by atoms with E-state index < -0.39 is 28.7 Å². The number of carbonyl (C=O) groups excluding carboxylic acids is 1. The van der Waals surface area contributed by atoms with Crippen molar-refractivity contribution in [1.29, 1.82) is 5.26 Å². The minimum atomic E-state index is -4.75. The maximum absolute atomic E-state index is 13.4. The van der Waals surface area contributed by atoms with E-state index in [2.05, 4.69) is 4.98 Å². The van der Waals surface area contributed by atoms with Crippen LogP contribution in [0.15, 0.2) is 36.4 Å². The zero-order valence-electron chi connectivity index (χ0n) is 16.2. The number of hydrogen-bond acceptors (Lipinski definition) is 6. The van der Waals surface area contributed by atoms with Crippen LogP contribution in [0.3, 0.4) is 0 Å². The van der Waals surface area contributed by atoms with Gasteiger partial charge in [-0.1, -0.05) is 11.3 Å². The van der Waals surface area contributed by atoms with Gasteiger partial charge in [0.05, 0.1) is 33.1 Å². The molecule has 2 aromatic carbocycles. The molecule has 1 amide bonds. The predicted octanol–water partition coefficient (Wildman–Crippen LogP) is 4.69. The highest BCUT2D eigenvalue weighted by molar-refractivity contribution is 7.81. The van der Waals surface area contributed by atoms with Gasteiger partial charge in [0.1, 0.15) is 5.54 Å². The van der Waals surface area contributed by atoms with Gasteiger partial charge in [-0.05, 0) is 62.5 Å². The van der Waals surface area contributed by atoms with E-state index in [1.165, 1.54) is 23.5 Å². The van der Waals surface area contributed by atoms with Crippen LogP contribution >= 0.6 is 23.6 Å². The highest BCUT2D eigenvalue weighted by Crippen LogP contribution is 2.40. The summed E-state index contributed by atoms with van der Waals surface area (Å²) >= 11 is 6.83. The average molecular weight is 461 g/mol. The Morgan fingerprint density at radius 2 is 1.87 bits per heavy atom. The lowest BCUT2D eigenvalue weighted by molar-refractivity contribution is -0.137. The number of thiazole rings is 1. The second-order valence-corrected chi connectivity index (χ2v) is 8.79. The molecule has 0 aliphatic carbocycles. The first-order chi connectivity index (χ1) is 14.4. The lowest BCUT2D eigenvalue weighted by Crippen LogP contribution is -2.44. The fourth-order valence-corrected chi connectivity index (χ4v) is 4.77. The SMILES string of the molecule is CC1(C)C(=O)N(c2ccc(C#N)c(C(F)(F)F)c2)C(=S)N1c1ccc2sc(N)nc2c1. The molecule has 2 N–H and O–H groups in total. The summed E-state index contributed by atoms with van der Waals surface area (Å²) in [6.45, 7) is 3.27. The van der Waals surface area contributed by atoms with Crippen molar-refractivity contribution in [2.24, 2.45) is 0 Å². The summed E-state index contributed by atoms with van der Waals surface area (Å²) in [5.41, 5.74) is 4.06. The van der Waals surface area contributed by atoms with Gasteiger partial charge in [-0.2, -0.15) is 18.4 Å². The molecule has 0 spiro atoms. The number of fused-ring (bicyclic) bond motifs is 1. The average Bonchev–Trinajstić information content (AvgIpc) is 3.13. The zero-order chi connectivity index (χ0) is 22.7. The molecular formula is C20H14F3N5OS2. The highest BCUT2D eigenvalue weighted by Gasteiger charge is 2.50. The van der Waals surface area contributed by atoms with Gasteiger partial charge in [-0.15, -0.1) is 0 Å². The topological polar surface area (TPSA) is 86.2 Å². The number of nitrogens with two attached hydrogens (primary N) is 1. The minimum Gasteiger partial charge on any atom is -0.375 e. The number of nitrogens with zero attached hydrogens (tertiary/aromatic N) is 4. The largest absolute Gasteiger partial charge is 0.417 e. The van der Waals surface area contributed by atoms with Crippen molar-refractivity contribution in [3.05, 3.63) is 47.5 Å². The smallest absolute Gasteiger partial charge is 0.375 e. The number of benzene rings is 2. The van der Waals surface area contributed by atoms with Crippen LogP contribution in [-0.4, -0.2) is 21.5 Å². The van der Waals surface area contributed by atoms with Crippen molar-refractivity contribution in [2.45, 2.75) is 25.6 Å². The number of halogens is 3. The molecular weight excluding hydrogens is 447 g/mol. The van der Waals surface area contributed by atoms with Gasteiger partial charge in [0.2, 0.25) is 0 Å². The molecule has 1 aliphatic heterocycles. The Morgan fingerprint density at radius 3 is 2.52 bits per heavy atom. The van der Waals surface area contributed by atoms with Crippen LogP contribution in [0.2, 0.25) is 0 Å². The number of anilines is 3. The first-order valence-corrected chi connectivity index (χ1v) is 10.1. The summed E-state index contributed by atoms with van der Waals surface area (Å²) < 4.78 is 41.1. The van der Waals surface area contributed by atoms with E-state index >= 15 is 0 Å². The molecule has 0 bridgehead atoms. The van der Waals surface area contributed by atoms with Crippen LogP contribution in [0, 0.1) is 11.3 Å². The minimum absolute atomic E-state index is 0.0235. The second-order valence-electron chi connectivity index (χ2n) is 7.36. The Kier molecular flexibility index (Phi) is 4.68. The van der Waals surface area contributed by atoms with Crippen molar-refractivity contribution < 1.29 is 18.0 Å². The second kappa shape index (κ2) is 6.90. The number of aromatic nitrogens is 1. The number of thiocarbonyl (C=S) groups is 1. The molecule has 158 valence electrons. The Morgan fingerprint density at radius 1 is 1.19 bits per heavy atom. The molecule has 0 atom stereocenters. The van der Waals surface area contributed by atoms with Gasteiger partial charge in [0, 0.05) is 5.69 Å². The molecule has 4 rings (SSSR count). The first kappa shape index (κ1) is 21.0. The lowest BCUT2D eigenvalue weighted by atomic mass is 10.0. The van der Waals surface area contributed by atoms with Crippen molar-refractivity contribution in [3.8, 4) is 6.07 Å². The van der Waals surface area contributed by atoms with Crippen LogP contribution in [0.1, 0.15) is 25.0 Å². The summed E-state index contributed by atoms with van der Waals surface area (Å²) in [6, 6.07) is 9.90. The lowest BCUT2D eigenvalue weighted by Gasteiger charge is -2.29.